The molecule has 0 bridgehead atoms. The van der Waals surface area contributed by atoms with E-state index in [2.05, 4.69) is 10.3 Å². The first-order valence-electron chi connectivity index (χ1n) is 7.31. The second-order valence-corrected chi connectivity index (χ2v) is 9.94. The van der Waals surface area contributed by atoms with Gasteiger partial charge in [0.25, 0.3) is 5.91 Å². The fourth-order valence-electron chi connectivity index (χ4n) is 2.16. The minimum atomic E-state index is -3.31. The third-order valence-electron chi connectivity index (χ3n) is 3.37. The highest BCUT2D eigenvalue weighted by Crippen LogP contribution is 2.28. The molecule has 0 aliphatic rings. The number of aromatic nitrogens is 1. The van der Waals surface area contributed by atoms with E-state index in [-0.39, 0.29) is 10.8 Å². The van der Waals surface area contributed by atoms with Gasteiger partial charge in [0.05, 0.1) is 9.23 Å². The molecule has 0 aliphatic carbocycles. The molecular weight excluding hydrogens is 412 g/mol. The van der Waals surface area contributed by atoms with Crippen LogP contribution in [0.2, 0.25) is 4.34 Å². The number of rotatable bonds is 5. The van der Waals surface area contributed by atoms with Crippen LogP contribution in [-0.4, -0.2) is 25.6 Å². The molecule has 0 radical (unpaired) electrons. The Hall–Kier alpha value is -2.00. The van der Waals surface area contributed by atoms with Gasteiger partial charge >= 0.3 is 0 Å². The Morgan fingerprint density at radius 1 is 1.19 bits per heavy atom. The number of thiazole rings is 1. The number of hydrogen-bond acceptors (Lipinski definition) is 6. The molecule has 0 unspecified atom stereocenters. The molecule has 0 fully saturated rings. The molecule has 0 saturated heterocycles. The van der Waals surface area contributed by atoms with Crippen molar-refractivity contribution in [3.8, 4) is 0 Å². The Bertz CT molecular complexity index is 1050. The predicted molar refractivity (Wildman–Crippen MR) is 107 cm³/mol. The van der Waals surface area contributed by atoms with Crippen LogP contribution in [0.1, 0.15) is 10.4 Å². The largest absolute Gasteiger partial charge is 0.298 e. The van der Waals surface area contributed by atoms with Gasteiger partial charge in [-0.1, -0.05) is 23.7 Å². The quantitative estimate of drug-likeness (QED) is 0.614. The van der Waals surface area contributed by atoms with Crippen LogP contribution >= 0.6 is 34.3 Å². The molecule has 1 aromatic carbocycles. The van der Waals surface area contributed by atoms with Crippen LogP contribution in [0.3, 0.4) is 0 Å². The lowest BCUT2D eigenvalue weighted by atomic mass is 10.0. The van der Waals surface area contributed by atoms with Gasteiger partial charge in [-0.25, -0.2) is 13.4 Å². The van der Waals surface area contributed by atoms with Gasteiger partial charge in [0.1, 0.15) is 0 Å². The lowest BCUT2D eigenvalue weighted by Gasteiger charge is -2.08. The summed E-state index contributed by atoms with van der Waals surface area (Å²) in [5.41, 5.74) is 0.981. The van der Waals surface area contributed by atoms with Crippen molar-refractivity contribution in [3.05, 3.63) is 62.8 Å². The predicted octanol–water partition coefficient (Wildman–Crippen LogP) is 4.44. The number of amides is 1. The maximum absolute atomic E-state index is 12.7. The standard InChI is InChI=1S/C17H13ClN2O3S3/c1-26(22,23)13-5-2-11(3-6-13)14(10-12-4-7-15(18)25-12)16(21)20-17-19-8-9-24-17/h2-10H,1H3,(H,19,20,21)/b14-10+. The molecule has 3 aromatic rings. The fraction of sp³-hybridized carbons (Fsp3) is 0.0588. The Balaban J connectivity index is 1.99. The second kappa shape index (κ2) is 7.71. The molecule has 26 heavy (non-hydrogen) atoms. The lowest BCUT2D eigenvalue weighted by Crippen LogP contribution is -2.13. The third-order valence-corrected chi connectivity index (χ3v) is 6.37. The number of halogens is 1. The molecule has 2 heterocycles. The second-order valence-electron chi connectivity index (χ2n) is 5.29. The molecule has 0 aliphatic heterocycles. The Kier molecular flexibility index (Phi) is 5.57. The summed E-state index contributed by atoms with van der Waals surface area (Å²) in [4.78, 5) is 17.8. The molecule has 5 nitrogen and oxygen atoms in total. The van der Waals surface area contributed by atoms with Crippen molar-refractivity contribution < 1.29 is 13.2 Å². The number of sulfone groups is 1. The molecule has 1 N–H and O–H groups in total. The van der Waals surface area contributed by atoms with E-state index in [0.717, 1.165) is 11.1 Å². The number of carbonyl (C=O) groups excluding carboxylic acids is 1. The first-order chi connectivity index (χ1) is 12.3. The zero-order chi connectivity index (χ0) is 18.7. The molecule has 3 rings (SSSR count). The first kappa shape index (κ1) is 18.8. The summed E-state index contributed by atoms with van der Waals surface area (Å²) >= 11 is 8.62. The lowest BCUT2D eigenvalue weighted by molar-refractivity contribution is -0.111. The maximum Gasteiger partial charge on any atom is 0.258 e. The average Bonchev–Trinajstić information content (AvgIpc) is 3.23. The zero-order valence-corrected chi connectivity index (χ0v) is 16.7. The van der Waals surface area contributed by atoms with Gasteiger partial charge in [0.15, 0.2) is 15.0 Å². The number of benzene rings is 1. The van der Waals surface area contributed by atoms with E-state index in [4.69, 9.17) is 11.6 Å². The number of anilines is 1. The Labute approximate surface area is 163 Å². The van der Waals surface area contributed by atoms with Crippen LogP contribution in [-0.2, 0) is 14.6 Å². The Morgan fingerprint density at radius 2 is 1.92 bits per heavy atom. The van der Waals surface area contributed by atoms with Crippen molar-refractivity contribution in [1.29, 1.82) is 0 Å². The Morgan fingerprint density at radius 3 is 2.46 bits per heavy atom. The minimum Gasteiger partial charge on any atom is -0.298 e. The van der Waals surface area contributed by atoms with Crippen molar-refractivity contribution >= 4 is 66.8 Å². The van der Waals surface area contributed by atoms with Gasteiger partial charge in [0.2, 0.25) is 0 Å². The van der Waals surface area contributed by atoms with Gasteiger partial charge in [-0.3, -0.25) is 10.1 Å². The summed E-state index contributed by atoms with van der Waals surface area (Å²) in [6, 6.07) is 9.75. The van der Waals surface area contributed by atoms with E-state index in [1.807, 2.05) is 6.07 Å². The normalized spacial score (nSPS) is 12.2. The SMILES string of the molecule is CS(=O)(=O)c1ccc(/C(=C\c2ccc(Cl)s2)C(=O)Nc2nccs2)cc1. The highest BCUT2D eigenvalue weighted by molar-refractivity contribution is 7.90. The van der Waals surface area contributed by atoms with Crippen LogP contribution in [0.25, 0.3) is 11.6 Å². The zero-order valence-electron chi connectivity index (χ0n) is 13.5. The summed E-state index contributed by atoms with van der Waals surface area (Å²) in [5, 5.41) is 4.99. The van der Waals surface area contributed by atoms with Gasteiger partial charge in [0, 0.05) is 28.3 Å². The summed E-state index contributed by atoms with van der Waals surface area (Å²) < 4.78 is 23.9. The van der Waals surface area contributed by atoms with E-state index >= 15 is 0 Å². The van der Waals surface area contributed by atoms with Gasteiger partial charge in [-0.05, 0) is 35.9 Å². The highest BCUT2D eigenvalue weighted by Gasteiger charge is 2.15. The number of nitrogens with zero attached hydrogens (tertiary/aromatic N) is 1. The van der Waals surface area contributed by atoms with E-state index in [9.17, 15) is 13.2 Å². The van der Waals surface area contributed by atoms with Crippen LogP contribution in [0.4, 0.5) is 5.13 Å². The van der Waals surface area contributed by atoms with Gasteiger partial charge in [-0.2, -0.15) is 0 Å². The van der Waals surface area contributed by atoms with Gasteiger partial charge in [-0.15, -0.1) is 22.7 Å². The number of nitrogens with one attached hydrogen (secondary N) is 1. The minimum absolute atomic E-state index is 0.195. The summed E-state index contributed by atoms with van der Waals surface area (Å²) in [5.74, 6) is -0.337. The van der Waals surface area contributed by atoms with Crippen molar-refractivity contribution in [2.75, 3.05) is 11.6 Å². The van der Waals surface area contributed by atoms with Crippen LogP contribution in [0, 0.1) is 0 Å². The maximum atomic E-state index is 12.7. The number of hydrogen-bond donors (Lipinski definition) is 1. The van der Waals surface area contributed by atoms with Crippen molar-refractivity contribution in [3.63, 3.8) is 0 Å². The van der Waals surface area contributed by atoms with Crippen molar-refractivity contribution in [1.82, 2.24) is 4.98 Å². The van der Waals surface area contributed by atoms with Crippen LogP contribution in [0.5, 0.6) is 0 Å². The van der Waals surface area contributed by atoms with Crippen molar-refractivity contribution in [2.45, 2.75) is 4.90 Å². The molecule has 134 valence electrons. The smallest absolute Gasteiger partial charge is 0.258 e. The van der Waals surface area contributed by atoms with E-state index in [1.54, 1.807) is 35.9 Å². The van der Waals surface area contributed by atoms with Crippen LogP contribution < -0.4 is 5.32 Å². The monoisotopic (exact) mass is 424 g/mol. The third kappa shape index (κ3) is 4.59. The molecule has 0 spiro atoms. The van der Waals surface area contributed by atoms with Crippen LogP contribution in [0.15, 0.2) is 52.9 Å². The summed E-state index contributed by atoms with van der Waals surface area (Å²) in [7, 11) is -3.31. The van der Waals surface area contributed by atoms with Crippen molar-refractivity contribution in [2.24, 2.45) is 0 Å². The molecule has 1 amide bonds. The molecule has 2 aromatic heterocycles. The molecule has 0 saturated carbocycles. The van der Waals surface area contributed by atoms with E-state index < -0.39 is 9.84 Å². The molecule has 9 heteroatoms. The highest BCUT2D eigenvalue weighted by atomic mass is 35.5. The topological polar surface area (TPSA) is 76.1 Å². The first-order valence-corrected chi connectivity index (χ1v) is 11.3. The molecular formula is C17H13ClN2O3S3. The van der Waals surface area contributed by atoms with E-state index in [1.165, 1.54) is 34.8 Å². The molecule has 0 atom stereocenters. The summed E-state index contributed by atoms with van der Waals surface area (Å²) in [6.45, 7) is 0. The van der Waals surface area contributed by atoms with E-state index in [0.29, 0.717) is 20.6 Å². The number of thiophene rings is 1. The number of carbonyl (C=O) groups is 1. The fourth-order valence-corrected chi connectivity index (χ4v) is 4.32. The average molecular weight is 425 g/mol. The summed E-state index contributed by atoms with van der Waals surface area (Å²) in [6.07, 6.45) is 4.46. The van der Waals surface area contributed by atoms with Gasteiger partial charge < -0.3 is 0 Å².